The van der Waals surface area contributed by atoms with E-state index in [4.69, 9.17) is 13.9 Å². The predicted molar refractivity (Wildman–Crippen MR) is 91.1 cm³/mol. The van der Waals surface area contributed by atoms with E-state index < -0.39 is 10.0 Å². The number of hydrogen-bond donors (Lipinski definition) is 1. The molecule has 3 rings (SSSR count). The maximum atomic E-state index is 12.6. The molecule has 3 aromatic rings. The maximum absolute atomic E-state index is 12.6. The zero-order valence-electron chi connectivity index (χ0n) is 14.0. The van der Waals surface area contributed by atoms with Crippen molar-refractivity contribution in [2.24, 2.45) is 0 Å². The van der Waals surface area contributed by atoms with Crippen molar-refractivity contribution in [3.8, 4) is 23.1 Å². The number of nitrogens with zero attached hydrogens (tertiary/aromatic N) is 3. The van der Waals surface area contributed by atoms with E-state index in [1.54, 1.807) is 30.5 Å². The Bertz CT molecular complexity index is 989. The Morgan fingerprint density at radius 1 is 1.12 bits per heavy atom. The van der Waals surface area contributed by atoms with Crippen molar-refractivity contribution in [2.45, 2.75) is 11.4 Å². The summed E-state index contributed by atoms with van der Waals surface area (Å²) < 4.78 is 43.2. The summed E-state index contributed by atoms with van der Waals surface area (Å²) in [5, 5.41) is 7.69. The van der Waals surface area contributed by atoms with Crippen LogP contribution in [0.25, 0.3) is 11.6 Å². The molecule has 0 saturated carbocycles. The third-order valence-corrected chi connectivity index (χ3v) is 4.85. The second-order valence-electron chi connectivity index (χ2n) is 5.06. The lowest BCUT2D eigenvalue weighted by Gasteiger charge is -2.11. The number of pyridine rings is 1. The third-order valence-electron chi connectivity index (χ3n) is 3.42. The summed E-state index contributed by atoms with van der Waals surface area (Å²) in [6.07, 6.45) is 1.59. The number of hydrogen-bond acceptors (Lipinski definition) is 8. The molecule has 2 aromatic heterocycles. The van der Waals surface area contributed by atoms with Gasteiger partial charge in [0.25, 0.3) is 5.89 Å². The van der Waals surface area contributed by atoms with Crippen molar-refractivity contribution in [3.05, 3.63) is 48.5 Å². The van der Waals surface area contributed by atoms with Crippen molar-refractivity contribution in [1.82, 2.24) is 19.9 Å². The zero-order valence-corrected chi connectivity index (χ0v) is 14.9. The largest absolute Gasteiger partial charge is 0.497 e. The molecule has 0 aliphatic carbocycles. The van der Waals surface area contributed by atoms with Crippen LogP contribution in [0.1, 0.15) is 5.89 Å². The quantitative estimate of drug-likeness (QED) is 0.661. The van der Waals surface area contributed by atoms with Gasteiger partial charge in [0.1, 0.15) is 22.1 Å². The standard InChI is InChI=1S/C16H16N4O5S/c1-23-11-6-7-13(24-2)14(9-11)26(21,22)18-10-15-19-20-16(25-15)12-5-3-4-8-17-12/h3-9,18H,10H2,1-2H3. The Kier molecular flexibility index (Phi) is 5.14. The highest BCUT2D eigenvalue weighted by Crippen LogP contribution is 2.28. The van der Waals surface area contributed by atoms with Gasteiger partial charge in [0.2, 0.25) is 15.9 Å². The van der Waals surface area contributed by atoms with Gasteiger partial charge in [0, 0.05) is 12.3 Å². The topological polar surface area (TPSA) is 116 Å². The molecule has 10 heteroatoms. The zero-order chi connectivity index (χ0) is 18.6. The number of aromatic nitrogens is 3. The van der Waals surface area contributed by atoms with Crippen LogP contribution in [0.5, 0.6) is 11.5 Å². The van der Waals surface area contributed by atoms with Crippen molar-refractivity contribution in [1.29, 1.82) is 0 Å². The van der Waals surface area contributed by atoms with Crippen molar-refractivity contribution >= 4 is 10.0 Å². The van der Waals surface area contributed by atoms with Gasteiger partial charge in [-0.15, -0.1) is 10.2 Å². The predicted octanol–water partition coefficient (Wildman–Crippen LogP) is 1.63. The monoisotopic (exact) mass is 376 g/mol. The number of nitrogens with one attached hydrogen (secondary N) is 1. The molecule has 0 aliphatic heterocycles. The van der Waals surface area contributed by atoms with Crippen LogP contribution in [-0.4, -0.2) is 37.8 Å². The minimum absolute atomic E-state index is 0.0520. The summed E-state index contributed by atoms with van der Waals surface area (Å²) in [5.41, 5.74) is 0.503. The molecule has 0 spiro atoms. The normalized spacial score (nSPS) is 11.3. The van der Waals surface area contributed by atoms with E-state index >= 15 is 0 Å². The minimum Gasteiger partial charge on any atom is -0.497 e. The molecule has 0 fully saturated rings. The molecule has 2 heterocycles. The Morgan fingerprint density at radius 2 is 1.96 bits per heavy atom. The first-order valence-electron chi connectivity index (χ1n) is 7.49. The van der Waals surface area contributed by atoms with Crippen LogP contribution in [0.4, 0.5) is 0 Å². The highest BCUT2D eigenvalue weighted by Gasteiger charge is 2.21. The van der Waals surface area contributed by atoms with Gasteiger partial charge in [-0.2, -0.15) is 0 Å². The van der Waals surface area contributed by atoms with E-state index in [9.17, 15) is 8.42 Å². The number of benzene rings is 1. The van der Waals surface area contributed by atoms with Crippen LogP contribution < -0.4 is 14.2 Å². The Balaban J connectivity index is 1.78. The van der Waals surface area contributed by atoms with Crippen molar-refractivity contribution in [2.75, 3.05) is 14.2 Å². The van der Waals surface area contributed by atoms with Crippen molar-refractivity contribution in [3.63, 3.8) is 0 Å². The molecule has 1 aromatic carbocycles. The number of rotatable bonds is 7. The number of ether oxygens (including phenoxy) is 2. The molecule has 0 aliphatic rings. The van der Waals surface area contributed by atoms with Gasteiger partial charge in [0.05, 0.1) is 20.8 Å². The fraction of sp³-hybridized carbons (Fsp3) is 0.188. The average molecular weight is 376 g/mol. The van der Waals surface area contributed by atoms with Crippen LogP contribution in [0, 0.1) is 0 Å². The molecule has 0 radical (unpaired) electrons. The first kappa shape index (κ1) is 17.8. The van der Waals surface area contributed by atoms with E-state index in [1.807, 2.05) is 0 Å². The van der Waals surface area contributed by atoms with Crippen LogP contribution >= 0.6 is 0 Å². The van der Waals surface area contributed by atoms with E-state index in [0.717, 1.165) is 0 Å². The second kappa shape index (κ2) is 7.50. The Labute approximate surface area is 150 Å². The first-order valence-corrected chi connectivity index (χ1v) is 8.97. The van der Waals surface area contributed by atoms with Crippen LogP contribution in [-0.2, 0) is 16.6 Å². The van der Waals surface area contributed by atoms with Gasteiger partial charge in [-0.3, -0.25) is 4.98 Å². The van der Waals surface area contributed by atoms with Crippen LogP contribution in [0.3, 0.4) is 0 Å². The van der Waals surface area contributed by atoms with E-state index in [1.165, 1.54) is 26.4 Å². The summed E-state index contributed by atoms with van der Waals surface area (Å²) in [5.74, 6) is 0.897. The maximum Gasteiger partial charge on any atom is 0.266 e. The molecular formula is C16H16N4O5S. The smallest absolute Gasteiger partial charge is 0.266 e. The van der Waals surface area contributed by atoms with Crippen LogP contribution in [0.2, 0.25) is 0 Å². The summed E-state index contributed by atoms with van der Waals surface area (Å²) in [6, 6.07) is 9.74. The molecule has 26 heavy (non-hydrogen) atoms. The summed E-state index contributed by atoms with van der Waals surface area (Å²) in [4.78, 5) is 4.04. The third kappa shape index (κ3) is 3.81. The van der Waals surface area contributed by atoms with Gasteiger partial charge >= 0.3 is 0 Å². The molecule has 136 valence electrons. The molecule has 0 amide bonds. The van der Waals surface area contributed by atoms with Crippen LogP contribution in [0.15, 0.2) is 51.9 Å². The molecule has 1 N–H and O–H groups in total. The van der Waals surface area contributed by atoms with Gasteiger partial charge < -0.3 is 13.9 Å². The molecule has 0 atom stereocenters. The Hall–Kier alpha value is -2.98. The SMILES string of the molecule is COc1ccc(OC)c(S(=O)(=O)NCc2nnc(-c3ccccn3)o2)c1. The Morgan fingerprint density at radius 3 is 2.65 bits per heavy atom. The second-order valence-corrected chi connectivity index (χ2v) is 6.79. The lowest BCUT2D eigenvalue weighted by Crippen LogP contribution is -2.24. The fourth-order valence-electron chi connectivity index (χ4n) is 2.15. The highest BCUT2D eigenvalue weighted by molar-refractivity contribution is 7.89. The van der Waals surface area contributed by atoms with Crippen molar-refractivity contribution < 1.29 is 22.3 Å². The van der Waals surface area contributed by atoms with E-state index in [0.29, 0.717) is 11.4 Å². The molecule has 9 nitrogen and oxygen atoms in total. The van der Waals surface area contributed by atoms with Gasteiger partial charge in [0.15, 0.2) is 0 Å². The summed E-state index contributed by atoms with van der Waals surface area (Å²) >= 11 is 0. The lowest BCUT2D eigenvalue weighted by atomic mass is 10.3. The van der Waals surface area contributed by atoms with Gasteiger partial charge in [-0.25, -0.2) is 13.1 Å². The van der Waals surface area contributed by atoms with Gasteiger partial charge in [-0.1, -0.05) is 6.07 Å². The summed E-state index contributed by atoms with van der Waals surface area (Å²) in [7, 11) is -1.05. The highest BCUT2D eigenvalue weighted by atomic mass is 32.2. The molecule has 0 saturated heterocycles. The van der Waals surface area contributed by atoms with E-state index in [-0.39, 0.29) is 29.0 Å². The first-order chi connectivity index (χ1) is 12.5. The average Bonchev–Trinajstić information content (AvgIpc) is 3.16. The minimum atomic E-state index is -3.89. The fourth-order valence-corrected chi connectivity index (χ4v) is 3.30. The number of sulfonamides is 1. The van der Waals surface area contributed by atoms with Gasteiger partial charge in [-0.05, 0) is 24.3 Å². The molecular weight excluding hydrogens is 360 g/mol. The summed E-state index contributed by atoms with van der Waals surface area (Å²) in [6.45, 7) is -0.178. The molecule has 0 bridgehead atoms. The number of methoxy groups -OCH3 is 2. The molecule has 0 unspecified atom stereocenters. The lowest BCUT2D eigenvalue weighted by molar-refractivity contribution is 0.391. The van der Waals surface area contributed by atoms with E-state index in [2.05, 4.69) is 19.9 Å².